The number of nitrogens with zero attached hydrogens (tertiary/aromatic N) is 3. The van der Waals surface area contributed by atoms with Gasteiger partial charge >= 0.3 is 6.09 Å². The monoisotopic (exact) mass is 334 g/mol. The maximum Gasteiger partial charge on any atom is 0.407 e. The minimum atomic E-state index is -0.481. The van der Waals surface area contributed by atoms with Crippen molar-refractivity contribution in [3.8, 4) is 0 Å². The van der Waals surface area contributed by atoms with E-state index in [1.807, 2.05) is 38.9 Å². The Bertz CT molecular complexity index is 583. The van der Waals surface area contributed by atoms with Crippen LogP contribution in [0.3, 0.4) is 0 Å². The van der Waals surface area contributed by atoms with E-state index in [0.29, 0.717) is 30.9 Å². The SMILES string of the molecule is CC1Cc2cnc(N(C)CCNC(=O)OC(C)(C)C)nc2C(C)C1. The molecule has 0 fully saturated rings. The van der Waals surface area contributed by atoms with Crippen molar-refractivity contribution >= 4 is 12.0 Å². The van der Waals surface area contributed by atoms with E-state index < -0.39 is 11.7 Å². The molecule has 2 unspecified atom stereocenters. The Morgan fingerprint density at radius 3 is 2.79 bits per heavy atom. The van der Waals surface area contributed by atoms with Gasteiger partial charge in [-0.15, -0.1) is 0 Å². The predicted octanol–water partition coefficient (Wildman–Crippen LogP) is 3.12. The Balaban J connectivity index is 1.90. The fourth-order valence-electron chi connectivity index (χ4n) is 3.09. The van der Waals surface area contributed by atoms with Gasteiger partial charge in [0.2, 0.25) is 5.95 Å². The van der Waals surface area contributed by atoms with Crippen molar-refractivity contribution in [2.75, 3.05) is 25.0 Å². The van der Waals surface area contributed by atoms with Crippen molar-refractivity contribution in [3.63, 3.8) is 0 Å². The number of carbonyl (C=O) groups is 1. The van der Waals surface area contributed by atoms with Crippen molar-refractivity contribution in [2.24, 2.45) is 5.92 Å². The molecule has 6 nitrogen and oxygen atoms in total. The van der Waals surface area contributed by atoms with Crippen LogP contribution in [0.2, 0.25) is 0 Å². The fraction of sp³-hybridized carbons (Fsp3) is 0.722. The number of aromatic nitrogens is 2. The van der Waals surface area contributed by atoms with Gasteiger partial charge in [0.1, 0.15) is 5.60 Å². The summed E-state index contributed by atoms with van der Waals surface area (Å²) in [7, 11) is 1.94. The van der Waals surface area contributed by atoms with Gasteiger partial charge in [-0.2, -0.15) is 0 Å². The topological polar surface area (TPSA) is 67.4 Å². The molecule has 0 spiro atoms. The van der Waals surface area contributed by atoms with Crippen LogP contribution in [0.1, 0.15) is 58.2 Å². The molecule has 134 valence electrons. The zero-order chi connectivity index (χ0) is 17.9. The zero-order valence-corrected chi connectivity index (χ0v) is 15.7. The largest absolute Gasteiger partial charge is 0.444 e. The Labute approximate surface area is 145 Å². The molecule has 1 aliphatic rings. The van der Waals surface area contributed by atoms with Crippen molar-refractivity contribution in [3.05, 3.63) is 17.5 Å². The highest BCUT2D eigenvalue weighted by Gasteiger charge is 2.24. The smallest absolute Gasteiger partial charge is 0.407 e. The van der Waals surface area contributed by atoms with Crippen molar-refractivity contribution in [1.29, 1.82) is 0 Å². The number of hydrogen-bond acceptors (Lipinski definition) is 5. The van der Waals surface area contributed by atoms with E-state index >= 15 is 0 Å². The third kappa shape index (κ3) is 5.08. The average Bonchev–Trinajstić information content (AvgIpc) is 2.44. The van der Waals surface area contributed by atoms with E-state index in [-0.39, 0.29) is 0 Å². The van der Waals surface area contributed by atoms with E-state index in [1.54, 1.807) is 0 Å². The molecule has 1 heterocycles. The quantitative estimate of drug-likeness (QED) is 0.916. The normalized spacial score (nSPS) is 20.2. The van der Waals surface area contributed by atoms with Gasteiger partial charge in [0.05, 0.1) is 5.69 Å². The van der Waals surface area contributed by atoms with Crippen molar-refractivity contribution in [1.82, 2.24) is 15.3 Å². The lowest BCUT2D eigenvalue weighted by atomic mass is 9.82. The molecule has 1 aliphatic carbocycles. The van der Waals surface area contributed by atoms with Crippen LogP contribution in [0.5, 0.6) is 0 Å². The molecular formula is C18H30N4O2. The minimum Gasteiger partial charge on any atom is -0.444 e. The molecule has 0 saturated heterocycles. The van der Waals surface area contributed by atoms with Crippen LogP contribution in [-0.2, 0) is 11.2 Å². The van der Waals surface area contributed by atoms with E-state index in [9.17, 15) is 4.79 Å². The van der Waals surface area contributed by atoms with Gasteiger partial charge in [0, 0.05) is 26.3 Å². The highest BCUT2D eigenvalue weighted by molar-refractivity contribution is 5.67. The van der Waals surface area contributed by atoms with Crippen LogP contribution >= 0.6 is 0 Å². The second-order valence-corrected chi connectivity index (χ2v) is 7.88. The number of nitrogens with one attached hydrogen (secondary N) is 1. The van der Waals surface area contributed by atoms with Crippen LogP contribution in [-0.4, -0.2) is 41.8 Å². The minimum absolute atomic E-state index is 0.398. The molecule has 0 radical (unpaired) electrons. The molecule has 0 bridgehead atoms. The second kappa shape index (κ2) is 7.36. The average molecular weight is 334 g/mol. The lowest BCUT2D eigenvalue weighted by Gasteiger charge is -2.27. The van der Waals surface area contributed by atoms with Crippen molar-refractivity contribution in [2.45, 2.75) is 59.0 Å². The number of alkyl carbamates (subject to hydrolysis) is 1. The third-order valence-corrected chi connectivity index (χ3v) is 4.13. The van der Waals surface area contributed by atoms with E-state index in [4.69, 9.17) is 9.72 Å². The van der Waals surface area contributed by atoms with E-state index in [0.717, 1.165) is 6.42 Å². The lowest BCUT2D eigenvalue weighted by Crippen LogP contribution is -2.37. The zero-order valence-electron chi connectivity index (χ0n) is 15.7. The first kappa shape index (κ1) is 18.5. The number of rotatable bonds is 4. The summed E-state index contributed by atoms with van der Waals surface area (Å²) in [4.78, 5) is 22.9. The van der Waals surface area contributed by atoms with Crippen LogP contribution in [0.15, 0.2) is 6.20 Å². The molecule has 0 aromatic carbocycles. The maximum atomic E-state index is 11.7. The fourth-order valence-corrected chi connectivity index (χ4v) is 3.09. The standard InChI is InChI=1S/C18H30N4O2/c1-12-9-13(2)15-14(10-12)11-20-16(21-15)22(6)8-7-19-17(23)24-18(3,4)5/h11-13H,7-10H2,1-6H3,(H,19,23). The molecule has 1 aromatic rings. The first-order valence-corrected chi connectivity index (χ1v) is 8.69. The number of carbonyl (C=O) groups excluding carboxylic acids is 1. The van der Waals surface area contributed by atoms with Crippen LogP contribution < -0.4 is 10.2 Å². The predicted molar refractivity (Wildman–Crippen MR) is 95.4 cm³/mol. The third-order valence-electron chi connectivity index (χ3n) is 4.13. The van der Waals surface area contributed by atoms with Crippen molar-refractivity contribution < 1.29 is 9.53 Å². The van der Waals surface area contributed by atoms with E-state index in [2.05, 4.69) is 24.1 Å². The van der Waals surface area contributed by atoms with Gasteiger partial charge < -0.3 is 15.0 Å². The number of amides is 1. The van der Waals surface area contributed by atoms with Crippen LogP contribution in [0, 0.1) is 5.92 Å². The molecular weight excluding hydrogens is 304 g/mol. The number of fused-ring (bicyclic) bond motifs is 1. The molecule has 6 heteroatoms. The first-order valence-electron chi connectivity index (χ1n) is 8.69. The summed E-state index contributed by atoms with van der Waals surface area (Å²) in [5.74, 6) is 1.87. The first-order chi connectivity index (χ1) is 11.2. The van der Waals surface area contributed by atoms with Gasteiger partial charge in [-0.1, -0.05) is 13.8 Å². The Kier molecular flexibility index (Phi) is 5.67. The second-order valence-electron chi connectivity index (χ2n) is 7.88. The number of hydrogen-bond donors (Lipinski definition) is 1. The maximum absolute atomic E-state index is 11.7. The molecule has 0 aliphatic heterocycles. The summed E-state index contributed by atoms with van der Waals surface area (Å²) in [6.07, 6.45) is 3.80. The van der Waals surface area contributed by atoms with Gasteiger partial charge in [-0.3, -0.25) is 0 Å². The van der Waals surface area contributed by atoms with Gasteiger partial charge in [-0.05, 0) is 51.0 Å². The highest BCUT2D eigenvalue weighted by Crippen LogP contribution is 2.33. The molecule has 24 heavy (non-hydrogen) atoms. The number of ether oxygens (including phenoxy) is 1. The van der Waals surface area contributed by atoms with Crippen LogP contribution in [0.25, 0.3) is 0 Å². The Hall–Kier alpha value is -1.85. The van der Waals surface area contributed by atoms with Gasteiger partial charge in [-0.25, -0.2) is 14.8 Å². The summed E-state index contributed by atoms with van der Waals surface area (Å²) in [6, 6.07) is 0. The molecule has 1 aromatic heterocycles. The molecule has 1 amide bonds. The molecule has 0 saturated carbocycles. The summed E-state index contributed by atoms with van der Waals surface area (Å²) in [5.41, 5.74) is 1.96. The lowest BCUT2D eigenvalue weighted by molar-refractivity contribution is 0.0529. The summed E-state index contributed by atoms with van der Waals surface area (Å²) >= 11 is 0. The molecule has 2 atom stereocenters. The number of anilines is 1. The van der Waals surface area contributed by atoms with Crippen LogP contribution in [0.4, 0.5) is 10.7 Å². The van der Waals surface area contributed by atoms with Gasteiger partial charge in [0.25, 0.3) is 0 Å². The number of likely N-dealkylation sites (N-methyl/N-ethyl adjacent to an activating group) is 1. The summed E-state index contributed by atoms with van der Waals surface area (Å²) in [6.45, 7) is 11.2. The van der Waals surface area contributed by atoms with E-state index in [1.165, 1.54) is 17.7 Å². The Morgan fingerprint density at radius 1 is 1.42 bits per heavy atom. The van der Waals surface area contributed by atoms with Gasteiger partial charge in [0.15, 0.2) is 0 Å². The summed E-state index contributed by atoms with van der Waals surface area (Å²) < 4.78 is 5.22. The Morgan fingerprint density at radius 2 is 2.12 bits per heavy atom. The molecule has 2 rings (SSSR count). The summed E-state index contributed by atoms with van der Waals surface area (Å²) in [5, 5.41) is 2.76. The highest BCUT2D eigenvalue weighted by atomic mass is 16.6. The molecule has 1 N–H and O–H groups in total.